The third kappa shape index (κ3) is 4.53. The van der Waals surface area contributed by atoms with Crippen molar-refractivity contribution in [1.29, 1.82) is 0 Å². The zero-order chi connectivity index (χ0) is 13.0. The van der Waals surface area contributed by atoms with Gasteiger partial charge < -0.3 is 5.11 Å². The van der Waals surface area contributed by atoms with Gasteiger partial charge in [0.1, 0.15) is 5.82 Å². The number of carbonyl (C=O) groups excluding carboxylic acids is 1. The Morgan fingerprint density at radius 2 is 2.00 bits per heavy atom. The number of carbonyl (C=O) groups is 2. The Morgan fingerprint density at radius 3 is 2.53 bits per heavy atom. The van der Waals surface area contributed by atoms with Gasteiger partial charge in [-0.2, -0.15) is 0 Å². The Bertz CT molecular complexity index is 425. The molecular weight excluding hydrogens is 247 g/mol. The molecule has 0 aliphatic heterocycles. The summed E-state index contributed by atoms with van der Waals surface area (Å²) >= 11 is 5.63. The second-order valence-corrected chi connectivity index (χ2v) is 4.42. The smallest absolute Gasteiger partial charge is 0.303 e. The van der Waals surface area contributed by atoms with E-state index in [4.69, 9.17) is 16.7 Å². The van der Waals surface area contributed by atoms with Gasteiger partial charge in [-0.3, -0.25) is 9.59 Å². The van der Waals surface area contributed by atoms with Crippen LogP contribution in [0.5, 0.6) is 0 Å². The number of hydrogen-bond donors (Lipinski definition) is 1. The molecule has 1 aromatic rings. The first kappa shape index (κ1) is 13.6. The van der Waals surface area contributed by atoms with Crippen molar-refractivity contribution < 1.29 is 19.1 Å². The summed E-state index contributed by atoms with van der Waals surface area (Å²) in [6.07, 6.45) is -0.0269. The fourth-order valence-electron chi connectivity index (χ4n) is 1.52. The molecular formula is C12H12ClFO3. The maximum absolute atomic E-state index is 13.0. The van der Waals surface area contributed by atoms with Gasteiger partial charge >= 0.3 is 5.97 Å². The van der Waals surface area contributed by atoms with Crippen LogP contribution < -0.4 is 0 Å². The van der Waals surface area contributed by atoms with Crippen LogP contribution in [0.2, 0.25) is 5.02 Å². The van der Waals surface area contributed by atoms with Crippen molar-refractivity contribution in [1.82, 2.24) is 0 Å². The van der Waals surface area contributed by atoms with Gasteiger partial charge in [-0.15, -0.1) is 0 Å². The molecule has 0 unspecified atom stereocenters. The molecule has 17 heavy (non-hydrogen) atoms. The minimum atomic E-state index is -0.956. The molecule has 0 aliphatic carbocycles. The lowest BCUT2D eigenvalue weighted by Crippen LogP contribution is -2.10. The van der Waals surface area contributed by atoms with E-state index in [0.717, 1.165) is 12.1 Å². The molecule has 5 heteroatoms. The summed E-state index contributed by atoms with van der Waals surface area (Å²) in [5.41, 5.74) is 0.173. The van der Waals surface area contributed by atoms with Crippen LogP contribution in [-0.2, 0) is 4.79 Å². The van der Waals surface area contributed by atoms with Crippen molar-refractivity contribution in [3.63, 3.8) is 0 Å². The van der Waals surface area contributed by atoms with Gasteiger partial charge in [-0.05, 0) is 24.1 Å². The molecule has 0 radical (unpaired) electrons. The first-order valence-corrected chi connectivity index (χ1v) is 5.47. The molecule has 0 bridgehead atoms. The fourth-order valence-corrected chi connectivity index (χ4v) is 1.74. The highest BCUT2D eigenvalue weighted by Crippen LogP contribution is 2.18. The summed E-state index contributed by atoms with van der Waals surface area (Å²) in [7, 11) is 0. The topological polar surface area (TPSA) is 54.4 Å². The molecule has 0 aliphatic rings. The van der Waals surface area contributed by atoms with Gasteiger partial charge in [0.05, 0.1) is 0 Å². The second kappa shape index (κ2) is 5.77. The van der Waals surface area contributed by atoms with Crippen molar-refractivity contribution in [2.75, 3.05) is 0 Å². The van der Waals surface area contributed by atoms with Crippen molar-refractivity contribution in [3.05, 3.63) is 34.6 Å². The minimum Gasteiger partial charge on any atom is -0.481 e. The Kier molecular flexibility index (Phi) is 4.63. The highest BCUT2D eigenvalue weighted by Gasteiger charge is 2.15. The second-order valence-electron chi connectivity index (χ2n) is 3.99. The normalized spacial score (nSPS) is 12.2. The zero-order valence-electron chi connectivity index (χ0n) is 9.24. The third-order valence-corrected chi connectivity index (χ3v) is 2.46. The van der Waals surface area contributed by atoms with Crippen molar-refractivity contribution in [3.8, 4) is 0 Å². The van der Waals surface area contributed by atoms with Crippen LogP contribution >= 0.6 is 11.6 Å². The molecule has 1 atom stereocenters. The van der Waals surface area contributed by atoms with Gasteiger partial charge in [0.15, 0.2) is 5.78 Å². The van der Waals surface area contributed by atoms with Gasteiger partial charge in [-0.25, -0.2) is 4.39 Å². The highest BCUT2D eigenvalue weighted by molar-refractivity contribution is 6.31. The largest absolute Gasteiger partial charge is 0.481 e. The average molecular weight is 259 g/mol. The predicted molar refractivity (Wildman–Crippen MR) is 61.8 cm³/mol. The summed E-state index contributed by atoms with van der Waals surface area (Å²) in [6, 6.07) is 3.58. The quantitative estimate of drug-likeness (QED) is 0.826. The Balaban J connectivity index is 2.72. The molecule has 0 saturated heterocycles. The lowest BCUT2D eigenvalue weighted by atomic mass is 9.97. The monoisotopic (exact) mass is 258 g/mol. The standard InChI is InChI=1S/C12H12ClFO3/c1-7(3-12(16)17)2-11(15)8-4-9(13)6-10(14)5-8/h4-7H,2-3H2,1H3,(H,16,17)/t7-/m0/s1. The SMILES string of the molecule is C[C@H](CC(=O)O)CC(=O)c1cc(F)cc(Cl)c1. The average Bonchev–Trinajstić information content (AvgIpc) is 2.14. The van der Waals surface area contributed by atoms with E-state index in [1.165, 1.54) is 6.07 Å². The van der Waals surface area contributed by atoms with Crippen LogP contribution in [0.1, 0.15) is 30.1 Å². The molecule has 0 aromatic heterocycles. The maximum atomic E-state index is 13.0. The van der Waals surface area contributed by atoms with Crippen LogP contribution in [0, 0.1) is 11.7 Å². The molecule has 1 rings (SSSR count). The molecule has 3 nitrogen and oxygen atoms in total. The number of Topliss-reactive ketones (excluding diaryl/α,β-unsaturated/α-hetero) is 1. The van der Waals surface area contributed by atoms with E-state index in [2.05, 4.69) is 0 Å². The minimum absolute atomic E-state index is 0.0616. The van der Waals surface area contributed by atoms with Crippen LogP contribution in [0.15, 0.2) is 18.2 Å². The number of aliphatic carboxylic acids is 1. The van der Waals surface area contributed by atoms with E-state index in [1.54, 1.807) is 6.92 Å². The molecule has 0 saturated carbocycles. The zero-order valence-corrected chi connectivity index (χ0v) is 10.00. The molecule has 0 fully saturated rings. The van der Waals surface area contributed by atoms with Crippen LogP contribution in [0.4, 0.5) is 4.39 Å². The lowest BCUT2D eigenvalue weighted by Gasteiger charge is -2.07. The summed E-state index contributed by atoms with van der Waals surface area (Å²) in [5.74, 6) is -2.13. The maximum Gasteiger partial charge on any atom is 0.303 e. The molecule has 0 spiro atoms. The molecule has 0 heterocycles. The number of hydrogen-bond acceptors (Lipinski definition) is 2. The van der Waals surface area contributed by atoms with Crippen LogP contribution in [0.25, 0.3) is 0 Å². The lowest BCUT2D eigenvalue weighted by molar-refractivity contribution is -0.137. The van der Waals surface area contributed by atoms with Gasteiger partial charge in [-0.1, -0.05) is 18.5 Å². The van der Waals surface area contributed by atoms with Crippen molar-refractivity contribution in [2.24, 2.45) is 5.92 Å². The number of carboxylic acid groups (broad SMARTS) is 1. The van der Waals surface area contributed by atoms with Crippen LogP contribution in [0.3, 0.4) is 0 Å². The Labute approximate surface area is 103 Å². The summed E-state index contributed by atoms with van der Waals surface area (Å²) in [5, 5.41) is 8.72. The van der Waals surface area contributed by atoms with E-state index in [1.807, 2.05) is 0 Å². The third-order valence-electron chi connectivity index (χ3n) is 2.24. The Hall–Kier alpha value is -1.42. The van der Waals surface area contributed by atoms with E-state index in [0.29, 0.717) is 0 Å². The molecule has 1 N–H and O–H groups in total. The first-order valence-electron chi connectivity index (χ1n) is 5.09. The van der Waals surface area contributed by atoms with Gasteiger partial charge in [0.2, 0.25) is 0 Å². The Morgan fingerprint density at radius 1 is 1.35 bits per heavy atom. The number of benzene rings is 1. The van der Waals surface area contributed by atoms with Gasteiger partial charge in [0.25, 0.3) is 0 Å². The van der Waals surface area contributed by atoms with Crippen LogP contribution in [-0.4, -0.2) is 16.9 Å². The molecule has 1 aromatic carbocycles. The van der Waals surface area contributed by atoms with Crippen molar-refractivity contribution >= 4 is 23.4 Å². The van der Waals surface area contributed by atoms with E-state index >= 15 is 0 Å². The molecule has 0 amide bonds. The summed E-state index contributed by atoms with van der Waals surface area (Å²) in [6.45, 7) is 1.66. The number of carboxylic acids is 1. The molecule has 92 valence electrons. The summed E-state index contributed by atoms with van der Waals surface area (Å²) in [4.78, 5) is 22.2. The van der Waals surface area contributed by atoms with E-state index < -0.39 is 11.8 Å². The first-order chi connectivity index (χ1) is 7.88. The number of halogens is 2. The predicted octanol–water partition coefficient (Wildman–Crippen LogP) is 3.16. The number of rotatable bonds is 5. The number of ketones is 1. The summed E-state index contributed by atoms with van der Waals surface area (Å²) < 4.78 is 13.0. The van der Waals surface area contributed by atoms with Crippen molar-refractivity contribution in [2.45, 2.75) is 19.8 Å². The van der Waals surface area contributed by atoms with E-state index in [9.17, 15) is 14.0 Å². The van der Waals surface area contributed by atoms with Gasteiger partial charge in [0, 0.05) is 23.4 Å². The highest BCUT2D eigenvalue weighted by atomic mass is 35.5. The van der Waals surface area contributed by atoms with E-state index in [-0.39, 0.29) is 35.1 Å². The fraction of sp³-hybridized carbons (Fsp3) is 0.333.